The van der Waals surface area contributed by atoms with Crippen LogP contribution in [-0.4, -0.2) is 16.3 Å². The van der Waals surface area contributed by atoms with Gasteiger partial charge in [0, 0.05) is 13.6 Å². The van der Waals surface area contributed by atoms with E-state index >= 15 is 0 Å². The van der Waals surface area contributed by atoms with Crippen LogP contribution in [0, 0.1) is 12.3 Å². The molecule has 1 aliphatic heterocycles. The highest BCUT2D eigenvalue weighted by molar-refractivity contribution is 5.24. The van der Waals surface area contributed by atoms with Crippen molar-refractivity contribution in [1.29, 1.82) is 0 Å². The Bertz CT molecular complexity index is 305. The van der Waals surface area contributed by atoms with Crippen LogP contribution in [0.25, 0.3) is 0 Å². The summed E-state index contributed by atoms with van der Waals surface area (Å²) >= 11 is 0. The lowest BCUT2D eigenvalue weighted by Crippen LogP contribution is -2.53. The van der Waals surface area contributed by atoms with E-state index in [4.69, 9.17) is 0 Å². The van der Waals surface area contributed by atoms with Crippen LogP contribution in [0.4, 0.5) is 0 Å². The quantitative estimate of drug-likeness (QED) is 0.706. The molecule has 1 fully saturated rings. The van der Waals surface area contributed by atoms with Gasteiger partial charge >= 0.3 is 0 Å². The molecule has 1 aromatic rings. The molecule has 3 heteroatoms. The Morgan fingerprint density at radius 2 is 2.31 bits per heavy atom. The van der Waals surface area contributed by atoms with Crippen molar-refractivity contribution in [2.24, 2.45) is 12.5 Å². The minimum absolute atomic E-state index is 0.374. The molecule has 0 saturated carbocycles. The van der Waals surface area contributed by atoms with Crippen LogP contribution in [0.5, 0.6) is 0 Å². The van der Waals surface area contributed by atoms with Gasteiger partial charge in [0.05, 0.1) is 17.9 Å². The minimum Gasteiger partial charge on any atom is -0.308 e. The largest absolute Gasteiger partial charge is 0.308 e. The third kappa shape index (κ3) is 1.18. The van der Waals surface area contributed by atoms with E-state index in [0.717, 1.165) is 6.54 Å². The van der Waals surface area contributed by atoms with Crippen LogP contribution in [0.2, 0.25) is 0 Å². The summed E-state index contributed by atoms with van der Waals surface area (Å²) in [6.07, 6.45) is 1.94. The molecule has 0 radical (unpaired) electrons. The molecule has 1 atom stereocenters. The normalized spacial score (nSPS) is 25.7. The summed E-state index contributed by atoms with van der Waals surface area (Å²) in [5.74, 6) is 0. The van der Waals surface area contributed by atoms with Gasteiger partial charge in [0.2, 0.25) is 0 Å². The topological polar surface area (TPSA) is 29.9 Å². The number of rotatable bonds is 1. The lowest BCUT2D eigenvalue weighted by molar-refractivity contribution is 0.120. The van der Waals surface area contributed by atoms with E-state index in [1.807, 2.05) is 17.9 Å². The van der Waals surface area contributed by atoms with Crippen LogP contribution >= 0.6 is 0 Å². The van der Waals surface area contributed by atoms with Gasteiger partial charge in [0.25, 0.3) is 0 Å². The Morgan fingerprint density at radius 1 is 1.62 bits per heavy atom. The molecule has 1 aliphatic rings. The van der Waals surface area contributed by atoms with Gasteiger partial charge < -0.3 is 5.32 Å². The Balaban J connectivity index is 2.36. The second kappa shape index (κ2) is 2.58. The predicted octanol–water partition coefficient (Wildman–Crippen LogP) is 1.40. The molecule has 3 nitrogen and oxygen atoms in total. The molecule has 2 heterocycles. The lowest BCUT2D eigenvalue weighted by atomic mass is 9.75. The summed E-state index contributed by atoms with van der Waals surface area (Å²) in [6, 6.07) is 0.472. The highest BCUT2D eigenvalue weighted by Crippen LogP contribution is 2.40. The minimum atomic E-state index is 0.374. The number of nitrogens with one attached hydrogen (secondary N) is 1. The standard InChI is InChI=1S/C10H17N3/c1-7-5-12-13(4)8(7)9-10(2,3)6-11-9/h5,9,11H,6H2,1-4H3. The van der Waals surface area contributed by atoms with Gasteiger partial charge in [-0.15, -0.1) is 0 Å². The SMILES string of the molecule is Cc1cnn(C)c1C1NCC1(C)C. The third-order valence-electron chi connectivity index (χ3n) is 2.99. The molecule has 0 spiro atoms. The Labute approximate surface area is 79.1 Å². The molecule has 0 aromatic carbocycles. The summed E-state index contributed by atoms with van der Waals surface area (Å²) in [6.45, 7) is 7.81. The maximum absolute atomic E-state index is 4.26. The fourth-order valence-corrected chi connectivity index (χ4v) is 2.05. The molecule has 1 aromatic heterocycles. The number of hydrogen-bond acceptors (Lipinski definition) is 2. The van der Waals surface area contributed by atoms with E-state index in [-0.39, 0.29) is 0 Å². The second-order valence-corrected chi connectivity index (χ2v) is 4.64. The van der Waals surface area contributed by atoms with Gasteiger partial charge in [-0.05, 0) is 17.9 Å². The summed E-state index contributed by atoms with van der Waals surface area (Å²) < 4.78 is 1.98. The highest BCUT2D eigenvalue weighted by Gasteiger charge is 2.41. The molecule has 0 bridgehead atoms. The lowest BCUT2D eigenvalue weighted by Gasteiger charge is -2.46. The first-order valence-corrected chi connectivity index (χ1v) is 4.74. The highest BCUT2D eigenvalue weighted by atomic mass is 15.3. The number of aryl methyl sites for hydroxylation is 2. The van der Waals surface area contributed by atoms with Gasteiger partial charge in [-0.1, -0.05) is 13.8 Å². The second-order valence-electron chi connectivity index (χ2n) is 4.64. The maximum Gasteiger partial charge on any atom is 0.0585 e. The average molecular weight is 179 g/mol. The Hall–Kier alpha value is -0.830. The van der Waals surface area contributed by atoms with Crippen LogP contribution in [0.3, 0.4) is 0 Å². The molecule has 13 heavy (non-hydrogen) atoms. The van der Waals surface area contributed by atoms with Gasteiger partial charge in [0.15, 0.2) is 0 Å². The zero-order chi connectivity index (χ0) is 9.64. The fourth-order valence-electron chi connectivity index (χ4n) is 2.05. The Kier molecular flexibility index (Phi) is 1.74. The van der Waals surface area contributed by atoms with Crippen LogP contribution in [-0.2, 0) is 7.05 Å². The average Bonchev–Trinajstić information content (AvgIpc) is 2.34. The Morgan fingerprint density at radius 3 is 2.62 bits per heavy atom. The first kappa shape index (κ1) is 8.75. The van der Waals surface area contributed by atoms with Gasteiger partial charge in [-0.2, -0.15) is 5.10 Å². The molecular formula is C10H17N3. The van der Waals surface area contributed by atoms with Gasteiger partial charge in [0.1, 0.15) is 0 Å². The molecule has 1 saturated heterocycles. The molecule has 0 amide bonds. The number of hydrogen-bond donors (Lipinski definition) is 1. The van der Waals surface area contributed by atoms with E-state index in [0.29, 0.717) is 11.5 Å². The first-order chi connectivity index (χ1) is 6.02. The summed E-state index contributed by atoms with van der Waals surface area (Å²) in [4.78, 5) is 0. The van der Waals surface area contributed by atoms with E-state index < -0.39 is 0 Å². The van der Waals surface area contributed by atoms with Gasteiger partial charge in [-0.25, -0.2) is 0 Å². The van der Waals surface area contributed by atoms with Gasteiger partial charge in [-0.3, -0.25) is 4.68 Å². The maximum atomic E-state index is 4.26. The van der Waals surface area contributed by atoms with Crippen molar-refractivity contribution >= 4 is 0 Å². The summed E-state index contributed by atoms with van der Waals surface area (Å²) in [5.41, 5.74) is 2.99. The van der Waals surface area contributed by atoms with E-state index in [1.54, 1.807) is 0 Å². The fraction of sp³-hybridized carbons (Fsp3) is 0.700. The zero-order valence-electron chi connectivity index (χ0n) is 8.76. The van der Waals surface area contributed by atoms with Crippen LogP contribution < -0.4 is 5.32 Å². The molecule has 2 rings (SSSR count). The van der Waals surface area contributed by atoms with E-state index in [1.165, 1.54) is 11.3 Å². The van der Waals surface area contributed by atoms with Crippen molar-refractivity contribution in [3.05, 3.63) is 17.5 Å². The smallest absolute Gasteiger partial charge is 0.0585 e. The monoisotopic (exact) mass is 179 g/mol. The number of aromatic nitrogens is 2. The van der Waals surface area contributed by atoms with Crippen molar-refractivity contribution in [3.8, 4) is 0 Å². The van der Waals surface area contributed by atoms with Crippen molar-refractivity contribution in [1.82, 2.24) is 15.1 Å². The van der Waals surface area contributed by atoms with Crippen molar-refractivity contribution in [2.75, 3.05) is 6.54 Å². The molecular weight excluding hydrogens is 162 g/mol. The summed E-state index contributed by atoms with van der Waals surface area (Å²) in [7, 11) is 2.01. The van der Waals surface area contributed by atoms with E-state index in [2.05, 4.69) is 31.2 Å². The van der Waals surface area contributed by atoms with Crippen LogP contribution in [0.1, 0.15) is 31.1 Å². The first-order valence-electron chi connectivity index (χ1n) is 4.74. The van der Waals surface area contributed by atoms with E-state index in [9.17, 15) is 0 Å². The van der Waals surface area contributed by atoms with Crippen molar-refractivity contribution in [2.45, 2.75) is 26.8 Å². The van der Waals surface area contributed by atoms with Crippen molar-refractivity contribution in [3.63, 3.8) is 0 Å². The molecule has 1 N–H and O–H groups in total. The summed E-state index contributed by atoms with van der Waals surface area (Å²) in [5, 5.41) is 7.72. The number of nitrogens with zero attached hydrogens (tertiary/aromatic N) is 2. The zero-order valence-corrected chi connectivity index (χ0v) is 8.76. The molecule has 1 unspecified atom stereocenters. The molecule has 0 aliphatic carbocycles. The third-order valence-corrected chi connectivity index (χ3v) is 2.99. The van der Waals surface area contributed by atoms with Crippen molar-refractivity contribution < 1.29 is 0 Å². The predicted molar refractivity (Wildman–Crippen MR) is 52.5 cm³/mol. The molecule has 72 valence electrons. The van der Waals surface area contributed by atoms with Crippen LogP contribution in [0.15, 0.2) is 6.20 Å².